The third kappa shape index (κ3) is 2.37. The van der Waals surface area contributed by atoms with Crippen molar-refractivity contribution in [3.8, 4) is 0 Å². The van der Waals surface area contributed by atoms with Crippen molar-refractivity contribution < 1.29 is 9.90 Å². The molecule has 15 heavy (non-hydrogen) atoms. The van der Waals surface area contributed by atoms with Crippen molar-refractivity contribution in [1.29, 1.82) is 0 Å². The lowest BCUT2D eigenvalue weighted by atomic mass is 10.3. The second-order valence-corrected chi connectivity index (χ2v) is 3.59. The molecule has 1 aliphatic rings. The number of carboxylic acid groups (broad SMARTS) is 1. The van der Waals surface area contributed by atoms with E-state index in [-0.39, 0.29) is 6.04 Å². The minimum Gasteiger partial charge on any atom is -0.465 e. The van der Waals surface area contributed by atoms with Crippen molar-refractivity contribution in [2.24, 2.45) is 0 Å². The molecule has 1 unspecified atom stereocenters. The maximum atomic E-state index is 10.5. The number of amides is 1. The molecule has 2 rings (SSSR count). The van der Waals surface area contributed by atoms with E-state index < -0.39 is 6.09 Å². The van der Waals surface area contributed by atoms with E-state index in [4.69, 9.17) is 5.11 Å². The average molecular weight is 207 g/mol. The number of rotatable bonds is 2. The Labute approximate surface area is 87.7 Å². The normalized spacial score (nSPS) is 20.3. The zero-order valence-corrected chi connectivity index (χ0v) is 8.26. The van der Waals surface area contributed by atoms with Crippen LogP contribution in [0.25, 0.3) is 0 Å². The van der Waals surface area contributed by atoms with Crippen molar-refractivity contribution in [2.75, 3.05) is 18.0 Å². The summed E-state index contributed by atoms with van der Waals surface area (Å²) >= 11 is 0. The third-order valence-electron chi connectivity index (χ3n) is 2.53. The second-order valence-electron chi connectivity index (χ2n) is 3.59. The zero-order chi connectivity index (χ0) is 10.7. The van der Waals surface area contributed by atoms with Crippen molar-refractivity contribution in [3.05, 3.63) is 24.5 Å². The Kier molecular flexibility index (Phi) is 2.71. The van der Waals surface area contributed by atoms with Gasteiger partial charge in [-0.3, -0.25) is 4.98 Å². The molecule has 1 saturated heterocycles. The number of nitrogens with zero attached hydrogens (tertiary/aromatic N) is 2. The molecule has 2 heterocycles. The first-order valence-corrected chi connectivity index (χ1v) is 4.90. The van der Waals surface area contributed by atoms with Crippen LogP contribution in [0.1, 0.15) is 6.42 Å². The van der Waals surface area contributed by atoms with E-state index in [0.717, 1.165) is 25.2 Å². The van der Waals surface area contributed by atoms with Gasteiger partial charge in [-0.25, -0.2) is 4.79 Å². The summed E-state index contributed by atoms with van der Waals surface area (Å²) in [6, 6.07) is 3.89. The SMILES string of the molecule is O=C(O)NC1CCN(c2cccnc2)C1. The van der Waals surface area contributed by atoms with Gasteiger partial charge in [0.1, 0.15) is 0 Å². The van der Waals surface area contributed by atoms with E-state index >= 15 is 0 Å². The zero-order valence-electron chi connectivity index (χ0n) is 8.26. The maximum Gasteiger partial charge on any atom is 0.404 e. The molecule has 1 aromatic rings. The van der Waals surface area contributed by atoms with Gasteiger partial charge in [-0.05, 0) is 18.6 Å². The molecule has 1 atom stereocenters. The van der Waals surface area contributed by atoms with Crippen molar-refractivity contribution >= 4 is 11.8 Å². The topological polar surface area (TPSA) is 65.5 Å². The van der Waals surface area contributed by atoms with Gasteiger partial charge in [0.25, 0.3) is 0 Å². The van der Waals surface area contributed by atoms with E-state index in [2.05, 4.69) is 15.2 Å². The van der Waals surface area contributed by atoms with Crippen LogP contribution in [0.4, 0.5) is 10.5 Å². The summed E-state index contributed by atoms with van der Waals surface area (Å²) in [7, 11) is 0. The van der Waals surface area contributed by atoms with Gasteiger partial charge in [0, 0.05) is 19.3 Å². The van der Waals surface area contributed by atoms with E-state index in [1.807, 2.05) is 12.1 Å². The van der Waals surface area contributed by atoms with E-state index in [1.54, 1.807) is 12.4 Å². The van der Waals surface area contributed by atoms with E-state index in [9.17, 15) is 4.79 Å². The molecule has 0 radical (unpaired) electrons. The van der Waals surface area contributed by atoms with Crippen LogP contribution >= 0.6 is 0 Å². The first kappa shape index (κ1) is 9.76. The lowest BCUT2D eigenvalue weighted by Crippen LogP contribution is -2.36. The molecule has 1 fully saturated rings. The number of hydrogen-bond donors (Lipinski definition) is 2. The first-order valence-electron chi connectivity index (χ1n) is 4.90. The number of anilines is 1. The van der Waals surface area contributed by atoms with Gasteiger partial charge >= 0.3 is 6.09 Å². The van der Waals surface area contributed by atoms with Crippen LogP contribution in [0.15, 0.2) is 24.5 Å². The quantitative estimate of drug-likeness (QED) is 0.757. The Morgan fingerprint density at radius 1 is 1.67 bits per heavy atom. The smallest absolute Gasteiger partial charge is 0.404 e. The molecular formula is C10H13N3O2. The molecular weight excluding hydrogens is 194 g/mol. The summed E-state index contributed by atoms with van der Waals surface area (Å²) < 4.78 is 0. The standard InChI is InChI=1S/C10H13N3O2/c14-10(15)12-8-3-5-13(7-8)9-2-1-4-11-6-9/h1-2,4,6,8,12H,3,5,7H2,(H,14,15). The molecule has 1 aliphatic heterocycles. The Bertz CT molecular complexity index is 342. The number of nitrogens with one attached hydrogen (secondary N) is 1. The predicted octanol–water partition coefficient (Wildman–Crippen LogP) is 0.928. The highest BCUT2D eigenvalue weighted by Gasteiger charge is 2.23. The molecule has 0 aromatic carbocycles. The number of aromatic nitrogens is 1. The lowest BCUT2D eigenvalue weighted by molar-refractivity contribution is 0.191. The monoisotopic (exact) mass is 207 g/mol. The predicted molar refractivity (Wildman–Crippen MR) is 56.0 cm³/mol. The van der Waals surface area contributed by atoms with Gasteiger partial charge in [0.15, 0.2) is 0 Å². The van der Waals surface area contributed by atoms with Gasteiger partial charge in [-0.15, -0.1) is 0 Å². The van der Waals surface area contributed by atoms with Gasteiger partial charge < -0.3 is 15.3 Å². The summed E-state index contributed by atoms with van der Waals surface area (Å²) in [4.78, 5) is 16.6. The number of hydrogen-bond acceptors (Lipinski definition) is 3. The summed E-state index contributed by atoms with van der Waals surface area (Å²) in [5, 5.41) is 11.1. The molecule has 2 N–H and O–H groups in total. The number of pyridine rings is 1. The van der Waals surface area contributed by atoms with Gasteiger partial charge in [0.2, 0.25) is 0 Å². The summed E-state index contributed by atoms with van der Waals surface area (Å²) in [6.45, 7) is 1.59. The Morgan fingerprint density at radius 3 is 3.20 bits per heavy atom. The summed E-state index contributed by atoms with van der Waals surface area (Å²) in [5.74, 6) is 0. The van der Waals surface area contributed by atoms with E-state index in [0.29, 0.717) is 0 Å². The maximum absolute atomic E-state index is 10.5. The summed E-state index contributed by atoms with van der Waals surface area (Å²) in [5.41, 5.74) is 1.05. The van der Waals surface area contributed by atoms with Crippen LogP contribution in [-0.2, 0) is 0 Å². The lowest BCUT2D eigenvalue weighted by Gasteiger charge is -2.17. The molecule has 1 amide bonds. The second kappa shape index (κ2) is 4.16. The summed E-state index contributed by atoms with van der Waals surface area (Å²) in [6.07, 6.45) is 3.42. The molecule has 0 bridgehead atoms. The minimum atomic E-state index is -0.951. The molecule has 0 aliphatic carbocycles. The van der Waals surface area contributed by atoms with Crippen LogP contribution in [-0.4, -0.2) is 35.3 Å². The van der Waals surface area contributed by atoms with Crippen molar-refractivity contribution in [3.63, 3.8) is 0 Å². The van der Waals surface area contributed by atoms with Gasteiger partial charge in [-0.2, -0.15) is 0 Å². The average Bonchev–Trinajstić information content (AvgIpc) is 2.67. The first-order chi connectivity index (χ1) is 7.25. The molecule has 5 nitrogen and oxygen atoms in total. The van der Waals surface area contributed by atoms with Gasteiger partial charge in [0.05, 0.1) is 17.9 Å². The Hall–Kier alpha value is -1.78. The van der Waals surface area contributed by atoms with Crippen molar-refractivity contribution in [2.45, 2.75) is 12.5 Å². The van der Waals surface area contributed by atoms with Crippen molar-refractivity contribution in [1.82, 2.24) is 10.3 Å². The fourth-order valence-corrected chi connectivity index (χ4v) is 1.83. The van der Waals surface area contributed by atoms with E-state index in [1.165, 1.54) is 0 Å². The molecule has 0 saturated carbocycles. The highest BCUT2D eigenvalue weighted by atomic mass is 16.4. The molecule has 5 heteroatoms. The minimum absolute atomic E-state index is 0.0303. The van der Waals surface area contributed by atoms with Crippen LogP contribution in [0, 0.1) is 0 Å². The molecule has 80 valence electrons. The van der Waals surface area contributed by atoms with Crippen LogP contribution in [0.3, 0.4) is 0 Å². The van der Waals surface area contributed by atoms with Crippen LogP contribution in [0.2, 0.25) is 0 Å². The van der Waals surface area contributed by atoms with Crippen LogP contribution < -0.4 is 10.2 Å². The fraction of sp³-hybridized carbons (Fsp3) is 0.400. The highest BCUT2D eigenvalue weighted by Crippen LogP contribution is 2.18. The Morgan fingerprint density at radius 2 is 2.53 bits per heavy atom. The molecule has 0 spiro atoms. The fourth-order valence-electron chi connectivity index (χ4n) is 1.83. The molecule has 1 aromatic heterocycles. The number of carbonyl (C=O) groups is 1. The van der Waals surface area contributed by atoms with Gasteiger partial charge in [-0.1, -0.05) is 0 Å². The third-order valence-corrected chi connectivity index (χ3v) is 2.53. The van der Waals surface area contributed by atoms with Crippen LogP contribution in [0.5, 0.6) is 0 Å². The Balaban J connectivity index is 1.96. The highest BCUT2D eigenvalue weighted by molar-refractivity contribution is 5.65. The largest absolute Gasteiger partial charge is 0.465 e.